The second-order valence-electron chi connectivity index (χ2n) is 3.16. The average molecular weight is 250 g/mol. The smallest absolute Gasteiger partial charge is 0.397 e. The van der Waals surface area contributed by atoms with Crippen molar-refractivity contribution in [2.75, 3.05) is 11.9 Å². The molecule has 0 atom stereocenters. The van der Waals surface area contributed by atoms with E-state index in [4.69, 9.17) is 0 Å². The van der Waals surface area contributed by atoms with Crippen LogP contribution in [0, 0.1) is 0 Å². The van der Waals surface area contributed by atoms with Crippen molar-refractivity contribution < 1.29 is 14.3 Å². The summed E-state index contributed by atoms with van der Waals surface area (Å²) < 4.78 is 5.53. The van der Waals surface area contributed by atoms with Crippen LogP contribution >= 0.6 is 11.3 Å². The van der Waals surface area contributed by atoms with Crippen molar-refractivity contribution in [3.8, 4) is 0 Å². The van der Waals surface area contributed by atoms with Gasteiger partial charge < -0.3 is 4.74 Å². The van der Waals surface area contributed by atoms with Gasteiger partial charge in [-0.25, -0.2) is 9.78 Å². The third-order valence-electron chi connectivity index (χ3n) is 1.98. The van der Waals surface area contributed by atoms with Gasteiger partial charge in [-0.05, 0) is 19.1 Å². The second-order valence-corrected chi connectivity index (χ2v) is 4.19. The van der Waals surface area contributed by atoms with Gasteiger partial charge >= 0.3 is 11.9 Å². The number of carbonyl (C=O) groups is 2. The van der Waals surface area contributed by atoms with Gasteiger partial charge in [-0.15, -0.1) is 0 Å². The standard InChI is InChI=1S/C11H10N2O3S/c1-2-16-10(15)9(14)13-11-12-7-5-3-4-6-8(7)17-11/h3-6H,2H2,1H3,(H,12,13,14). The molecule has 0 spiro atoms. The van der Waals surface area contributed by atoms with Crippen LogP contribution in [0.3, 0.4) is 0 Å². The first kappa shape index (κ1) is 11.5. The number of para-hydroxylation sites is 1. The molecule has 0 unspecified atom stereocenters. The van der Waals surface area contributed by atoms with Crippen LogP contribution in [0.1, 0.15) is 6.92 Å². The molecule has 2 rings (SSSR count). The summed E-state index contributed by atoms with van der Waals surface area (Å²) in [5, 5.41) is 2.80. The summed E-state index contributed by atoms with van der Waals surface area (Å²) >= 11 is 1.31. The number of thiazole rings is 1. The number of nitrogens with zero attached hydrogens (tertiary/aromatic N) is 1. The second kappa shape index (κ2) is 4.92. The molecule has 0 aliphatic heterocycles. The first-order valence-electron chi connectivity index (χ1n) is 5.04. The Hall–Kier alpha value is -1.95. The molecule has 1 heterocycles. The molecule has 0 saturated heterocycles. The van der Waals surface area contributed by atoms with E-state index in [1.807, 2.05) is 24.3 Å². The zero-order valence-corrected chi connectivity index (χ0v) is 9.91. The molecule has 1 amide bonds. The number of nitrogens with one attached hydrogen (secondary N) is 1. The van der Waals surface area contributed by atoms with Gasteiger partial charge in [-0.1, -0.05) is 23.5 Å². The maximum absolute atomic E-state index is 11.4. The third kappa shape index (κ3) is 2.59. The monoisotopic (exact) mass is 250 g/mol. The molecule has 88 valence electrons. The van der Waals surface area contributed by atoms with E-state index in [-0.39, 0.29) is 6.61 Å². The van der Waals surface area contributed by atoms with Crippen LogP contribution in [-0.4, -0.2) is 23.5 Å². The lowest BCUT2D eigenvalue weighted by molar-refractivity contribution is -0.152. The number of carbonyl (C=O) groups excluding carboxylic acids is 2. The number of hydrogen-bond donors (Lipinski definition) is 1. The van der Waals surface area contributed by atoms with Crippen molar-refractivity contribution in [3.05, 3.63) is 24.3 Å². The quantitative estimate of drug-likeness (QED) is 0.651. The highest BCUT2D eigenvalue weighted by molar-refractivity contribution is 7.22. The minimum atomic E-state index is -0.897. The highest BCUT2D eigenvalue weighted by Gasteiger charge is 2.16. The van der Waals surface area contributed by atoms with E-state index in [0.29, 0.717) is 5.13 Å². The van der Waals surface area contributed by atoms with Gasteiger partial charge in [-0.2, -0.15) is 0 Å². The summed E-state index contributed by atoms with van der Waals surface area (Å²) in [6, 6.07) is 7.48. The van der Waals surface area contributed by atoms with E-state index in [1.54, 1.807) is 6.92 Å². The van der Waals surface area contributed by atoms with Crippen molar-refractivity contribution in [2.45, 2.75) is 6.92 Å². The lowest BCUT2D eigenvalue weighted by atomic mass is 10.3. The van der Waals surface area contributed by atoms with Crippen molar-refractivity contribution >= 4 is 38.6 Å². The molecule has 1 aromatic carbocycles. The Kier molecular flexibility index (Phi) is 3.34. The first-order valence-corrected chi connectivity index (χ1v) is 5.86. The lowest BCUT2D eigenvalue weighted by Gasteiger charge is -2.00. The molecule has 17 heavy (non-hydrogen) atoms. The minimum Gasteiger partial charge on any atom is -0.459 e. The Bertz CT molecular complexity index is 532. The Morgan fingerprint density at radius 3 is 2.88 bits per heavy atom. The number of amides is 1. The van der Waals surface area contributed by atoms with E-state index >= 15 is 0 Å². The van der Waals surface area contributed by atoms with Crippen molar-refractivity contribution in [1.29, 1.82) is 0 Å². The van der Waals surface area contributed by atoms with E-state index in [1.165, 1.54) is 11.3 Å². The summed E-state index contributed by atoms with van der Waals surface area (Å²) in [5.74, 6) is -1.70. The Labute approximate surface area is 101 Å². The van der Waals surface area contributed by atoms with Crippen LogP contribution in [0.2, 0.25) is 0 Å². The predicted molar refractivity (Wildman–Crippen MR) is 64.9 cm³/mol. The summed E-state index contributed by atoms with van der Waals surface area (Å²) in [5.41, 5.74) is 0.789. The zero-order chi connectivity index (χ0) is 12.3. The van der Waals surface area contributed by atoms with Crippen LogP contribution in [0.15, 0.2) is 24.3 Å². The van der Waals surface area contributed by atoms with E-state index < -0.39 is 11.9 Å². The number of ether oxygens (including phenoxy) is 1. The SMILES string of the molecule is CCOC(=O)C(=O)Nc1nc2ccccc2s1. The van der Waals surface area contributed by atoms with Gasteiger partial charge in [0.2, 0.25) is 0 Å². The lowest BCUT2D eigenvalue weighted by Crippen LogP contribution is -2.24. The number of benzene rings is 1. The molecule has 0 aliphatic carbocycles. The molecule has 5 nitrogen and oxygen atoms in total. The summed E-state index contributed by atoms with van der Waals surface area (Å²) in [7, 11) is 0. The van der Waals surface area contributed by atoms with Gasteiger partial charge in [0.15, 0.2) is 5.13 Å². The summed E-state index contributed by atoms with van der Waals surface area (Å²) in [6.07, 6.45) is 0. The minimum absolute atomic E-state index is 0.173. The molecule has 0 saturated carbocycles. The Morgan fingerprint density at radius 2 is 2.18 bits per heavy atom. The van der Waals surface area contributed by atoms with Gasteiger partial charge in [-0.3, -0.25) is 10.1 Å². The van der Waals surface area contributed by atoms with Crippen LogP contribution in [-0.2, 0) is 14.3 Å². The largest absolute Gasteiger partial charge is 0.459 e. The van der Waals surface area contributed by atoms with E-state index in [9.17, 15) is 9.59 Å². The number of esters is 1. The van der Waals surface area contributed by atoms with E-state index in [2.05, 4.69) is 15.0 Å². The average Bonchev–Trinajstić information content (AvgIpc) is 2.71. The fourth-order valence-electron chi connectivity index (χ4n) is 1.27. The van der Waals surface area contributed by atoms with Crippen molar-refractivity contribution in [2.24, 2.45) is 0 Å². The fourth-order valence-corrected chi connectivity index (χ4v) is 2.13. The van der Waals surface area contributed by atoms with Gasteiger partial charge in [0, 0.05) is 0 Å². The maximum atomic E-state index is 11.4. The third-order valence-corrected chi connectivity index (χ3v) is 2.93. The predicted octanol–water partition coefficient (Wildman–Crippen LogP) is 1.80. The van der Waals surface area contributed by atoms with Gasteiger partial charge in [0.25, 0.3) is 0 Å². The molecule has 1 N–H and O–H groups in total. The van der Waals surface area contributed by atoms with Crippen LogP contribution in [0.5, 0.6) is 0 Å². The van der Waals surface area contributed by atoms with E-state index in [0.717, 1.165) is 10.2 Å². The van der Waals surface area contributed by atoms with Crippen LogP contribution in [0.25, 0.3) is 10.2 Å². The first-order chi connectivity index (χ1) is 8.20. The number of fused-ring (bicyclic) bond motifs is 1. The summed E-state index contributed by atoms with van der Waals surface area (Å²) in [4.78, 5) is 26.6. The fraction of sp³-hybridized carbons (Fsp3) is 0.182. The molecule has 1 aromatic heterocycles. The van der Waals surface area contributed by atoms with Gasteiger partial charge in [0.1, 0.15) is 0 Å². The highest BCUT2D eigenvalue weighted by Crippen LogP contribution is 2.25. The molecule has 0 radical (unpaired) electrons. The Morgan fingerprint density at radius 1 is 1.41 bits per heavy atom. The molecule has 6 heteroatoms. The highest BCUT2D eigenvalue weighted by atomic mass is 32.1. The molecule has 0 aliphatic rings. The molecular formula is C11H10N2O3S. The normalized spacial score (nSPS) is 10.2. The maximum Gasteiger partial charge on any atom is 0.397 e. The van der Waals surface area contributed by atoms with Crippen molar-refractivity contribution in [3.63, 3.8) is 0 Å². The molecule has 0 bridgehead atoms. The molecule has 0 fully saturated rings. The van der Waals surface area contributed by atoms with Crippen molar-refractivity contribution in [1.82, 2.24) is 4.98 Å². The number of hydrogen-bond acceptors (Lipinski definition) is 5. The number of aromatic nitrogens is 1. The van der Waals surface area contributed by atoms with Crippen LogP contribution in [0.4, 0.5) is 5.13 Å². The van der Waals surface area contributed by atoms with Gasteiger partial charge in [0.05, 0.1) is 16.8 Å². The number of rotatable bonds is 2. The zero-order valence-electron chi connectivity index (χ0n) is 9.10. The van der Waals surface area contributed by atoms with Crippen LogP contribution < -0.4 is 5.32 Å². The molecular weight excluding hydrogens is 240 g/mol. The summed E-state index contributed by atoms with van der Waals surface area (Å²) in [6.45, 7) is 1.81. The Balaban J connectivity index is 2.13. The topological polar surface area (TPSA) is 68.3 Å². The molecule has 2 aromatic rings. The number of anilines is 1.